The molecule has 2 amide bonds. The molecule has 1 aliphatic heterocycles. The highest BCUT2D eigenvalue weighted by atomic mass is 35.5. The van der Waals surface area contributed by atoms with Gasteiger partial charge >= 0.3 is 6.03 Å². The Morgan fingerprint density at radius 2 is 1.78 bits per heavy atom. The molecule has 32 heavy (non-hydrogen) atoms. The van der Waals surface area contributed by atoms with E-state index in [2.05, 4.69) is 10.4 Å². The fourth-order valence-corrected chi connectivity index (χ4v) is 4.63. The monoisotopic (exact) mass is 473 g/mol. The molecule has 8 nitrogen and oxygen atoms in total. The number of rotatable bonds is 4. The number of nitrogens with zero attached hydrogens (tertiary/aromatic N) is 3. The van der Waals surface area contributed by atoms with Crippen LogP contribution in [0.1, 0.15) is 30.1 Å². The molecular formula is C22H24ClN5O3S. The quantitative estimate of drug-likeness (QED) is 0.598. The van der Waals surface area contributed by atoms with Gasteiger partial charge in [-0.05, 0) is 62.2 Å². The number of carbonyl (C=O) groups is 1. The largest absolute Gasteiger partial charge is 0.324 e. The van der Waals surface area contributed by atoms with Crippen molar-refractivity contribution in [2.75, 3.05) is 18.4 Å². The smallest absolute Gasteiger partial charge is 0.321 e. The normalized spacial score (nSPS) is 15.0. The van der Waals surface area contributed by atoms with E-state index in [1.165, 1.54) is 12.1 Å². The highest BCUT2D eigenvalue weighted by Crippen LogP contribution is 2.31. The van der Waals surface area contributed by atoms with E-state index in [1.807, 2.05) is 29.8 Å². The minimum atomic E-state index is -3.75. The maximum absolute atomic E-state index is 12.6. The first-order valence-corrected chi connectivity index (χ1v) is 12.1. The topological polar surface area (TPSA) is 110 Å². The predicted molar refractivity (Wildman–Crippen MR) is 124 cm³/mol. The zero-order valence-corrected chi connectivity index (χ0v) is 19.1. The van der Waals surface area contributed by atoms with E-state index in [4.69, 9.17) is 16.7 Å². The average molecular weight is 474 g/mol. The van der Waals surface area contributed by atoms with Gasteiger partial charge in [0.25, 0.3) is 0 Å². The number of nitrogens with one attached hydrogen (secondary N) is 1. The Morgan fingerprint density at radius 1 is 1.12 bits per heavy atom. The van der Waals surface area contributed by atoms with Crippen LogP contribution in [0.2, 0.25) is 5.02 Å². The summed E-state index contributed by atoms with van der Waals surface area (Å²) in [4.78, 5) is 14.5. The molecule has 1 fully saturated rings. The van der Waals surface area contributed by atoms with Crippen molar-refractivity contribution in [1.29, 1.82) is 0 Å². The first-order valence-electron chi connectivity index (χ1n) is 10.2. The first kappa shape index (κ1) is 22.3. The number of anilines is 1. The van der Waals surface area contributed by atoms with E-state index >= 15 is 0 Å². The Kier molecular flexibility index (Phi) is 6.23. The van der Waals surface area contributed by atoms with Crippen LogP contribution in [0.25, 0.3) is 5.69 Å². The lowest BCUT2D eigenvalue weighted by Gasteiger charge is -2.32. The lowest BCUT2D eigenvalue weighted by Crippen LogP contribution is -2.40. The fourth-order valence-electron chi connectivity index (χ4n) is 3.93. The fraction of sp³-hybridized carbons (Fsp3) is 0.273. The molecule has 0 saturated carbocycles. The molecule has 168 valence electrons. The van der Waals surface area contributed by atoms with Crippen molar-refractivity contribution in [3.05, 3.63) is 71.0 Å². The van der Waals surface area contributed by atoms with Crippen molar-refractivity contribution in [2.45, 2.75) is 30.6 Å². The van der Waals surface area contributed by atoms with Gasteiger partial charge in [0.1, 0.15) is 0 Å². The molecule has 0 spiro atoms. The van der Waals surface area contributed by atoms with Gasteiger partial charge in [-0.1, -0.05) is 23.7 Å². The minimum Gasteiger partial charge on any atom is -0.324 e. The van der Waals surface area contributed by atoms with Crippen LogP contribution < -0.4 is 10.5 Å². The maximum Gasteiger partial charge on any atom is 0.321 e. The van der Waals surface area contributed by atoms with Crippen molar-refractivity contribution >= 4 is 33.3 Å². The number of hydrogen-bond acceptors (Lipinski definition) is 4. The molecule has 0 bridgehead atoms. The molecule has 3 N–H and O–H groups in total. The number of hydrogen-bond donors (Lipinski definition) is 2. The van der Waals surface area contributed by atoms with Crippen LogP contribution in [0.3, 0.4) is 0 Å². The van der Waals surface area contributed by atoms with Crippen molar-refractivity contribution in [3.63, 3.8) is 0 Å². The number of amides is 2. The standard InChI is InChI=1S/C22H24ClN5O3S/c1-15-14-21(28(26-15)17-6-8-18(9-7-17)32(24,30)31)16-10-12-27(13-11-16)22(29)25-20-5-3-2-4-19(20)23/h2-9,14,16H,10-13H2,1H3,(H,25,29)(H2,24,30,31). The number of aryl methyl sites for hydroxylation is 1. The van der Waals surface area contributed by atoms with Crippen molar-refractivity contribution < 1.29 is 13.2 Å². The summed E-state index contributed by atoms with van der Waals surface area (Å²) in [6.45, 7) is 3.13. The van der Waals surface area contributed by atoms with Crippen LogP contribution in [0, 0.1) is 6.92 Å². The molecule has 4 rings (SSSR count). The van der Waals surface area contributed by atoms with Gasteiger partial charge in [0.15, 0.2) is 0 Å². The van der Waals surface area contributed by atoms with Crippen molar-refractivity contribution in [2.24, 2.45) is 5.14 Å². The van der Waals surface area contributed by atoms with Crippen molar-refractivity contribution in [3.8, 4) is 5.69 Å². The summed E-state index contributed by atoms with van der Waals surface area (Å²) in [5.74, 6) is 0.221. The van der Waals surface area contributed by atoms with E-state index in [1.54, 1.807) is 29.2 Å². The second-order valence-corrected chi connectivity index (χ2v) is 9.80. The highest BCUT2D eigenvalue weighted by molar-refractivity contribution is 7.89. The van der Waals surface area contributed by atoms with E-state index in [0.29, 0.717) is 23.8 Å². The molecule has 0 radical (unpaired) electrons. The Hall–Kier alpha value is -2.88. The molecule has 3 aromatic rings. The Labute approximate surface area is 192 Å². The van der Waals surface area contributed by atoms with Crippen LogP contribution in [-0.4, -0.2) is 42.2 Å². The summed E-state index contributed by atoms with van der Waals surface area (Å²) in [6.07, 6.45) is 1.58. The number of piperidine rings is 1. The molecule has 2 aromatic carbocycles. The molecule has 2 heterocycles. The van der Waals surface area contributed by atoms with E-state index < -0.39 is 10.0 Å². The lowest BCUT2D eigenvalue weighted by molar-refractivity contribution is 0.193. The van der Waals surface area contributed by atoms with Gasteiger partial charge in [-0.2, -0.15) is 5.10 Å². The first-order chi connectivity index (χ1) is 15.2. The molecular weight excluding hydrogens is 450 g/mol. The second-order valence-electron chi connectivity index (χ2n) is 7.83. The molecule has 0 aliphatic carbocycles. The number of sulfonamides is 1. The van der Waals surface area contributed by atoms with Crippen LogP contribution in [0.5, 0.6) is 0 Å². The van der Waals surface area contributed by atoms with Crippen LogP contribution in [0.15, 0.2) is 59.5 Å². The SMILES string of the molecule is Cc1cc(C2CCN(C(=O)Nc3ccccc3Cl)CC2)n(-c2ccc(S(N)(=O)=O)cc2)n1. The van der Waals surface area contributed by atoms with Crippen LogP contribution >= 0.6 is 11.6 Å². The van der Waals surface area contributed by atoms with Gasteiger partial charge in [0, 0.05) is 24.7 Å². The third kappa shape index (κ3) is 4.79. The Balaban J connectivity index is 1.46. The van der Waals surface area contributed by atoms with Gasteiger partial charge in [-0.25, -0.2) is 23.0 Å². The highest BCUT2D eigenvalue weighted by Gasteiger charge is 2.27. The molecule has 0 unspecified atom stereocenters. The maximum atomic E-state index is 12.6. The van der Waals surface area contributed by atoms with E-state index in [-0.39, 0.29) is 16.8 Å². The number of benzene rings is 2. The summed E-state index contributed by atoms with van der Waals surface area (Å²) in [7, 11) is -3.75. The van der Waals surface area contributed by atoms with Gasteiger partial charge in [0.05, 0.1) is 27.0 Å². The van der Waals surface area contributed by atoms with E-state index in [9.17, 15) is 13.2 Å². The van der Waals surface area contributed by atoms with Crippen LogP contribution in [-0.2, 0) is 10.0 Å². The third-order valence-corrected chi connectivity index (χ3v) is 6.84. The number of primary sulfonamides is 1. The minimum absolute atomic E-state index is 0.0597. The molecule has 1 aromatic heterocycles. The third-order valence-electron chi connectivity index (χ3n) is 5.58. The number of carbonyl (C=O) groups excluding carboxylic acids is 1. The summed E-state index contributed by atoms with van der Waals surface area (Å²) in [5, 5.41) is 13.2. The van der Waals surface area contributed by atoms with Crippen molar-refractivity contribution in [1.82, 2.24) is 14.7 Å². The zero-order valence-electron chi connectivity index (χ0n) is 17.5. The number of likely N-dealkylation sites (tertiary alicyclic amines) is 1. The number of urea groups is 1. The summed E-state index contributed by atoms with van der Waals surface area (Å²) < 4.78 is 24.9. The van der Waals surface area contributed by atoms with Gasteiger partial charge in [-0.3, -0.25) is 0 Å². The average Bonchev–Trinajstić information content (AvgIpc) is 3.16. The number of halogens is 1. The van der Waals surface area contributed by atoms with E-state index in [0.717, 1.165) is 29.9 Å². The van der Waals surface area contributed by atoms with Gasteiger partial charge in [-0.15, -0.1) is 0 Å². The van der Waals surface area contributed by atoms with Gasteiger partial charge in [0.2, 0.25) is 10.0 Å². The molecule has 1 saturated heterocycles. The van der Waals surface area contributed by atoms with Crippen LogP contribution in [0.4, 0.5) is 10.5 Å². The second kappa shape index (κ2) is 8.93. The zero-order chi connectivity index (χ0) is 22.9. The number of nitrogens with two attached hydrogens (primary N) is 1. The summed E-state index contributed by atoms with van der Waals surface area (Å²) >= 11 is 6.14. The summed E-state index contributed by atoms with van der Waals surface area (Å²) in [6, 6.07) is 15.4. The molecule has 10 heteroatoms. The molecule has 1 aliphatic rings. The molecule has 0 atom stereocenters. The lowest BCUT2D eigenvalue weighted by atomic mass is 9.93. The number of aromatic nitrogens is 2. The summed E-state index contributed by atoms with van der Waals surface area (Å²) in [5.41, 5.74) is 3.27. The Bertz CT molecular complexity index is 1230. The predicted octanol–water partition coefficient (Wildman–Crippen LogP) is 3.89. The number of para-hydroxylation sites is 1. The Morgan fingerprint density at radius 3 is 2.41 bits per heavy atom. The van der Waals surface area contributed by atoms with Gasteiger partial charge < -0.3 is 10.2 Å².